The minimum Gasteiger partial charge on any atom is -0.465 e. The molecule has 1 aromatic heterocycles. The number of nitrogens with zero attached hydrogens (tertiary/aromatic N) is 1. The van der Waals surface area contributed by atoms with E-state index in [4.69, 9.17) is 4.42 Å². The fraction of sp³-hybridized carbons (Fsp3) is 0.562. The summed E-state index contributed by atoms with van der Waals surface area (Å²) in [5, 5.41) is -0.420. The first-order valence-corrected chi connectivity index (χ1v) is 9.42. The second-order valence-electron chi connectivity index (χ2n) is 6.06. The van der Waals surface area contributed by atoms with Crippen LogP contribution in [-0.2, 0) is 14.8 Å². The highest BCUT2D eigenvalue weighted by Gasteiger charge is 2.23. The number of rotatable bonds is 6. The third-order valence-corrected chi connectivity index (χ3v) is 5.86. The Morgan fingerprint density at radius 3 is 2.70 bits per heavy atom. The van der Waals surface area contributed by atoms with Gasteiger partial charge < -0.3 is 9.32 Å². The average molecular weight is 340 g/mol. The molecule has 0 bridgehead atoms. The molecular formula is C16H24N2O4S. The van der Waals surface area contributed by atoms with E-state index in [0.29, 0.717) is 25.4 Å². The van der Waals surface area contributed by atoms with Gasteiger partial charge in [0.2, 0.25) is 15.9 Å². The third kappa shape index (κ3) is 5.21. The third-order valence-electron chi connectivity index (χ3n) is 4.05. The lowest BCUT2D eigenvalue weighted by molar-refractivity contribution is -0.127. The van der Waals surface area contributed by atoms with Gasteiger partial charge in [-0.05, 0) is 50.8 Å². The van der Waals surface area contributed by atoms with Gasteiger partial charge in [-0.15, -0.1) is 0 Å². The predicted molar refractivity (Wildman–Crippen MR) is 89.1 cm³/mol. The molecule has 7 heteroatoms. The standard InChI is InChI=1S/C16H24N2O4S/c1-13(2)23(20,21)17-12-14-7-9-18(10-8-14)16(19)6-5-15-4-3-11-22-15/h3-6,11,13-14,17H,7-10,12H2,1-2H3. The Balaban J connectivity index is 1.76. The molecule has 0 spiro atoms. The quantitative estimate of drug-likeness (QED) is 0.802. The van der Waals surface area contributed by atoms with Gasteiger partial charge in [0.05, 0.1) is 11.5 Å². The predicted octanol–water partition coefficient (Wildman–Crippen LogP) is 1.86. The van der Waals surface area contributed by atoms with Gasteiger partial charge in [0.15, 0.2) is 0 Å². The van der Waals surface area contributed by atoms with E-state index in [-0.39, 0.29) is 11.8 Å². The Hall–Kier alpha value is -1.60. The van der Waals surface area contributed by atoms with Gasteiger partial charge in [0.1, 0.15) is 5.76 Å². The van der Waals surface area contributed by atoms with E-state index in [2.05, 4.69) is 4.72 Å². The largest absolute Gasteiger partial charge is 0.465 e. The maximum absolute atomic E-state index is 12.1. The fourth-order valence-electron chi connectivity index (χ4n) is 2.40. The van der Waals surface area contributed by atoms with Crippen molar-refractivity contribution in [3.8, 4) is 0 Å². The lowest BCUT2D eigenvalue weighted by Crippen LogP contribution is -2.42. The first-order valence-electron chi connectivity index (χ1n) is 7.87. The lowest BCUT2D eigenvalue weighted by Gasteiger charge is -2.31. The van der Waals surface area contributed by atoms with Crippen LogP contribution in [0.2, 0.25) is 0 Å². The molecule has 0 aliphatic carbocycles. The molecule has 0 atom stereocenters. The molecule has 2 rings (SSSR count). The molecule has 1 fully saturated rings. The van der Waals surface area contributed by atoms with Crippen LogP contribution in [0.3, 0.4) is 0 Å². The summed E-state index contributed by atoms with van der Waals surface area (Å²) in [5.41, 5.74) is 0. The minimum atomic E-state index is -3.21. The molecule has 1 aliphatic heterocycles. The van der Waals surface area contributed by atoms with Crippen molar-refractivity contribution in [3.63, 3.8) is 0 Å². The Bertz CT molecular complexity index is 627. The molecule has 0 radical (unpaired) electrons. The zero-order chi connectivity index (χ0) is 16.9. The maximum Gasteiger partial charge on any atom is 0.246 e. The Kier molecular flexibility index (Phi) is 6.01. The van der Waals surface area contributed by atoms with E-state index in [1.807, 2.05) is 0 Å². The molecule has 1 N–H and O–H groups in total. The van der Waals surface area contributed by atoms with Crippen LogP contribution in [0.4, 0.5) is 0 Å². The molecule has 6 nitrogen and oxygen atoms in total. The normalized spacial score (nSPS) is 17.3. The highest BCUT2D eigenvalue weighted by atomic mass is 32.2. The van der Waals surface area contributed by atoms with Crippen molar-refractivity contribution in [2.75, 3.05) is 19.6 Å². The number of carbonyl (C=O) groups excluding carboxylic acids is 1. The van der Waals surface area contributed by atoms with Gasteiger partial charge >= 0.3 is 0 Å². The van der Waals surface area contributed by atoms with Crippen molar-refractivity contribution in [1.29, 1.82) is 0 Å². The van der Waals surface area contributed by atoms with Gasteiger partial charge in [-0.3, -0.25) is 4.79 Å². The van der Waals surface area contributed by atoms with Gasteiger partial charge in [0.25, 0.3) is 0 Å². The number of carbonyl (C=O) groups is 1. The smallest absolute Gasteiger partial charge is 0.246 e. The number of sulfonamides is 1. The first kappa shape index (κ1) is 17.7. The summed E-state index contributed by atoms with van der Waals surface area (Å²) < 4.78 is 31.3. The number of hydrogen-bond donors (Lipinski definition) is 1. The average Bonchev–Trinajstić information content (AvgIpc) is 3.04. The van der Waals surface area contributed by atoms with Gasteiger partial charge in [0, 0.05) is 25.7 Å². The molecule has 1 aromatic rings. The van der Waals surface area contributed by atoms with Crippen LogP contribution in [-0.4, -0.2) is 44.1 Å². The second-order valence-corrected chi connectivity index (χ2v) is 8.38. The van der Waals surface area contributed by atoms with E-state index < -0.39 is 15.3 Å². The molecule has 1 saturated heterocycles. The summed E-state index contributed by atoms with van der Waals surface area (Å²) >= 11 is 0. The summed E-state index contributed by atoms with van der Waals surface area (Å²) in [4.78, 5) is 13.9. The van der Waals surface area contributed by atoms with Crippen molar-refractivity contribution in [3.05, 3.63) is 30.2 Å². The van der Waals surface area contributed by atoms with Crippen LogP contribution in [0.1, 0.15) is 32.4 Å². The summed E-state index contributed by atoms with van der Waals surface area (Å²) in [6.45, 7) is 5.07. The number of hydrogen-bond acceptors (Lipinski definition) is 4. The number of nitrogens with one attached hydrogen (secondary N) is 1. The summed E-state index contributed by atoms with van der Waals surface area (Å²) in [5.74, 6) is 0.889. The maximum atomic E-state index is 12.1. The van der Waals surface area contributed by atoms with Gasteiger partial charge in [-0.1, -0.05) is 0 Å². The Morgan fingerprint density at radius 2 is 2.13 bits per heavy atom. The molecular weight excluding hydrogens is 316 g/mol. The highest BCUT2D eigenvalue weighted by molar-refractivity contribution is 7.90. The first-order chi connectivity index (χ1) is 10.9. The van der Waals surface area contributed by atoms with Crippen LogP contribution >= 0.6 is 0 Å². The number of piperidine rings is 1. The number of amides is 1. The number of furan rings is 1. The summed E-state index contributed by atoms with van der Waals surface area (Å²) in [7, 11) is -3.21. The number of likely N-dealkylation sites (tertiary alicyclic amines) is 1. The van der Waals surface area contributed by atoms with E-state index in [9.17, 15) is 13.2 Å². The monoisotopic (exact) mass is 340 g/mol. The molecule has 0 aromatic carbocycles. The van der Waals surface area contributed by atoms with Crippen molar-refractivity contribution in [2.24, 2.45) is 5.92 Å². The Labute approximate surface area is 137 Å². The van der Waals surface area contributed by atoms with Crippen LogP contribution in [0.25, 0.3) is 6.08 Å². The zero-order valence-electron chi connectivity index (χ0n) is 13.6. The topological polar surface area (TPSA) is 79.6 Å². The molecule has 1 amide bonds. The van der Waals surface area contributed by atoms with Crippen molar-refractivity contribution in [1.82, 2.24) is 9.62 Å². The zero-order valence-corrected chi connectivity index (χ0v) is 14.4. The second kappa shape index (κ2) is 7.79. The minimum absolute atomic E-state index is 0.0392. The van der Waals surface area contributed by atoms with E-state index >= 15 is 0 Å². The molecule has 0 unspecified atom stereocenters. The summed E-state index contributed by atoms with van der Waals surface area (Å²) in [6.07, 6.45) is 6.35. The van der Waals surface area contributed by atoms with Gasteiger partial charge in [-0.25, -0.2) is 13.1 Å². The molecule has 0 saturated carbocycles. The van der Waals surface area contributed by atoms with E-state index in [1.54, 1.807) is 43.2 Å². The highest BCUT2D eigenvalue weighted by Crippen LogP contribution is 2.17. The van der Waals surface area contributed by atoms with Crippen molar-refractivity contribution < 1.29 is 17.6 Å². The Morgan fingerprint density at radius 1 is 1.43 bits per heavy atom. The molecule has 2 heterocycles. The lowest BCUT2D eigenvalue weighted by atomic mass is 9.97. The molecule has 128 valence electrons. The van der Waals surface area contributed by atoms with Crippen LogP contribution in [0.15, 0.2) is 28.9 Å². The summed E-state index contributed by atoms with van der Waals surface area (Å²) in [6, 6.07) is 3.56. The van der Waals surface area contributed by atoms with Crippen LogP contribution < -0.4 is 4.72 Å². The van der Waals surface area contributed by atoms with Crippen molar-refractivity contribution >= 4 is 22.0 Å². The fourth-order valence-corrected chi connectivity index (χ4v) is 3.20. The van der Waals surface area contributed by atoms with Crippen LogP contribution in [0, 0.1) is 5.92 Å². The SMILES string of the molecule is CC(C)S(=O)(=O)NCC1CCN(C(=O)C=Cc2ccco2)CC1. The van der Waals surface area contributed by atoms with Gasteiger partial charge in [-0.2, -0.15) is 0 Å². The molecule has 23 heavy (non-hydrogen) atoms. The molecule has 1 aliphatic rings. The van der Waals surface area contributed by atoms with Crippen molar-refractivity contribution in [2.45, 2.75) is 31.9 Å². The van der Waals surface area contributed by atoms with E-state index in [0.717, 1.165) is 12.8 Å². The van der Waals surface area contributed by atoms with E-state index in [1.165, 1.54) is 6.08 Å². The van der Waals surface area contributed by atoms with Crippen LogP contribution in [0.5, 0.6) is 0 Å².